The predicted octanol–water partition coefficient (Wildman–Crippen LogP) is 3.10. The molecule has 1 fully saturated rings. The Labute approximate surface area is 169 Å². The quantitative estimate of drug-likeness (QED) is 0.839. The fraction of sp³-hybridized carbons (Fsp3) is 0.286. The zero-order valence-corrected chi connectivity index (χ0v) is 16.6. The molecule has 0 radical (unpaired) electrons. The van der Waals surface area contributed by atoms with Gasteiger partial charge in [-0.3, -0.25) is 14.4 Å². The number of carbonyl (C=O) groups excluding carboxylic acids is 3. The average Bonchev–Trinajstić information content (AvgIpc) is 3.13. The fourth-order valence-corrected chi connectivity index (χ4v) is 3.45. The zero-order valence-electron chi connectivity index (χ0n) is 15.9. The topological polar surface area (TPSA) is 69.7 Å². The molecule has 6 nitrogen and oxygen atoms in total. The van der Waals surface area contributed by atoms with E-state index in [2.05, 4.69) is 5.32 Å². The first kappa shape index (κ1) is 19.9. The Balaban J connectivity index is 1.74. The highest BCUT2D eigenvalue weighted by Crippen LogP contribution is 2.30. The van der Waals surface area contributed by atoms with Crippen molar-refractivity contribution in [3.05, 3.63) is 64.2 Å². The molecule has 0 aromatic heterocycles. The number of anilines is 1. The first-order valence-electron chi connectivity index (χ1n) is 9.07. The highest BCUT2D eigenvalue weighted by Gasteiger charge is 2.25. The van der Waals surface area contributed by atoms with Crippen LogP contribution in [0.2, 0.25) is 5.02 Å². The first-order valence-corrected chi connectivity index (χ1v) is 9.45. The molecule has 1 heterocycles. The van der Waals surface area contributed by atoms with Crippen molar-refractivity contribution in [3.63, 3.8) is 0 Å². The molecule has 0 unspecified atom stereocenters. The number of halogens is 1. The minimum atomic E-state index is -0.167. The van der Waals surface area contributed by atoms with E-state index in [9.17, 15) is 14.4 Å². The summed E-state index contributed by atoms with van der Waals surface area (Å²) in [5.74, 6) is -0.294. The summed E-state index contributed by atoms with van der Waals surface area (Å²) in [7, 11) is 3.29. The maximum atomic E-state index is 12.8. The molecule has 0 spiro atoms. The number of nitrogens with zero attached hydrogens (tertiary/aromatic N) is 2. The van der Waals surface area contributed by atoms with Gasteiger partial charge in [0.2, 0.25) is 5.91 Å². The molecule has 0 aliphatic carbocycles. The number of benzene rings is 2. The summed E-state index contributed by atoms with van der Waals surface area (Å²) in [6.45, 7) is 1.01. The lowest BCUT2D eigenvalue weighted by atomic mass is 10.1. The fourth-order valence-electron chi connectivity index (χ4n) is 3.23. The van der Waals surface area contributed by atoms with Gasteiger partial charge in [0.1, 0.15) is 0 Å². The second-order valence-electron chi connectivity index (χ2n) is 6.75. The molecule has 1 aliphatic rings. The van der Waals surface area contributed by atoms with Crippen molar-refractivity contribution in [2.24, 2.45) is 0 Å². The second-order valence-corrected chi connectivity index (χ2v) is 7.16. The van der Waals surface area contributed by atoms with Crippen molar-refractivity contribution in [3.8, 4) is 0 Å². The number of amides is 3. The zero-order chi connectivity index (χ0) is 20.3. The van der Waals surface area contributed by atoms with Gasteiger partial charge in [-0.15, -0.1) is 0 Å². The lowest BCUT2D eigenvalue weighted by molar-refractivity contribution is -0.117. The minimum absolute atomic E-state index is 0.0241. The summed E-state index contributed by atoms with van der Waals surface area (Å²) in [6.07, 6.45) is 1.29. The van der Waals surface area contributed by atoms with Crippen LogP contribution in [0.5, 0.6) is 0 Å². The van der Waals surface area contributed by atoms with Gasteiger partial charge in [-0.1, -0.05) is 23.7 Å². The Kier molecular flexibility index (Phi) is 5.99. The highest BCUT2D eigenvalue weighted by atomic mass is 35.5. The Morgan fingerprint density at radius 3 is 2.43 bits per heavy atom. The number of carbonyl (C=O) groups is 3. The number of nitrogens with one attached hydrogen (secondary N) is 1. The van der Waals surface area contributed by atoms with Crippen molar-refractivity contribution in [1.82, 2.24) is 10.2 Å². The van der Waals surface area contributed by atoms with Crippen molar-refractivity contribution >= 4 is 35.0 Å². The molecule has 146 valence electrons. The van der Waals surface area contributed by atoms with Gasteiger partial charge in [0.05, 0.1) is 10.7 Å². The first-order chi connectivity index (χ1) is 13.4. The van der Waals surface area contributed by atoms with Gasteiger partial charge in [-0.05, 0) is 42.3 Å². The van der Waals surface area contributed by atoms with Crippen LogP contribution in [0.3, 0.4) is 0 Å². The molecule has 0 saturated carbocycles. The summed E-state index contributed by atoms with van der Waals surface area (Å²) in [4.78, 5) is 39.7. The van der Waals surface area contributed by atoms with E-state index in [0.717, 1.165) is 12.0 Å². The maximum absolute atomic E-state index is 12.8. The van der Waals surface area contributed by atoms with E-state index in [1.54, 1.807) is 54.2 Å². The van der Waals surface area contributed by atoms with Crippen LogP contribution < -0.4 is 10.2 Å². The normalized spacial score (nSPS) is 13.5. The number of hydrogen-bond acceptors (Lipinski definition) is 3. The summed E-state index contributed by atoms with van der Waals surface area (Å²) in [5.41, 5.74) is 2.53. The van der Waals surface area contributed by atoms with Gasteiger partial charge >= 0.3 is 0 Å². The standard InChI is InChI=1S/C21H22ClN3O3/c1-23-20(27)15-7-5-14(6-8-15)13-24(2)21(28)16-9-10-17(22)18(12-16)25-11-3-4-19(25)26/h5-10,12H,3-4,11,13H2,1-2H3,(H,23,27). The largest absolute Gasteiger partial charge is 0.355 e. The van der Waals surface area contributed by atoms with Crippen molar-refractivity contribution in [2.75, 3.05) is 25.5 Å². The van der Waals surface area contributed by atoms with Crippen LogP contribution in [0.1, 0.15) is 39.1 Å². The van der Waals surface area contributed by atoms with Crippen LogP contribution in [-0.2, 0) is 11.3 Å². The van der Waals surface area contributed by atoms with E-state index in [1.165, 1.54) is 0 Å². The molecule has 2 aromatic carbocycles. The third kappa shape index (κ3) is 4.17. The van der Waals surface area contributed by atoms with Crippen LogP contribution in [0.4, 0.5) is 5.69 Å². The Morgan fingerprint density at radius 1 is 1.14 bits per heavy atom. The van der Waals surface area contributed by atoms with Crippen LogP contribution in [0, 0.1) is 0 Å². The van der Waals surface area contributed by atoms with Gasteiger partial charge in [-0.2, -0.15) is 0 Å². The molecule has 0 bridgehead atoms. The molecular formula is C21H22ClN3O3. The molecule has 1 saturated heterocycles. The molecule has 3 amide bonds. The van der Waals surface area contributed by atoms with E-state index in [4.69, 9.17) is 11.6 Å². The predicted molar refractivity (Wildman–Crippen MR) is 109 cm³/mol. The van der Waals surface area contributed by atoms with Gasteiger partial charge in [0, 0.05) is 44.7 Å². The molecule has 0 atom stereocenters. The van der Waals surface area contributed by atoms with Crippen LogP contribution in [-0.4, -0.2) is 43.3 Å². The van der Waals surface area contributed by atoms with Gasteiger partial charge in [0.25, 0.3) is 11.8 Å². The molecule has 3 rings (SSSR count). The second kappa shape index (κ2) is 8.44. The van der Waals surface area contributed by atoms with Crippen molar-refractivity contribution in [2.45, 2.75) is 19.4 Å². The molecule has 1 aliphatic heterocycles. The third-order valence-electron chi connectivity index (χ3n) is 4.77. The Hall–Kier alpha value is -2.86. The number of rotatable bonds is 5. The SMILES string of the molecule is CNC(=O)c1ccc(CN(C)C(=O)c2ccc(Cl)c(N3CCCC3=O)c2)cc1. The van der Waals surface area contributed by atoms with Crippen LogP contribution in [0.25, 0.3) is 0 Å². The Morgan fingerprint density at radius 2 is 1.82 bits per heavy atom. The number of hydrogen-bond donors (Lipinski definition) is 1. The summed E-state index contributed by atoms with van der Waals surface area (Å²) < 4.78 is 0. The van der Waals surface area contributed by atoms with Crippen molar-refractivity contribution < 1.29 is 14.4 Å². The van der Waals surface area contributed by atoms with Gasteiger partial charge in [0.15, 0.2) is 0 Å². The Bertz CT molecular complexity index is 912. The van der Waals surface area contributed by atoms with Gasteiger partial charge < -0.3 is 15.1 Å². The molecule has 28 heavy (non-hydrogen) atoms. The monoisotopic (exact) mass is 399 g/mol. The molecular weight excluding hydrogens is 378 g/mol. The van der Waals surface area contributed by atoms with E-state index in [1.807, 2.05) is 12.1 Å². The van der Waals surface area contributed by atoms with E-state index in [-0.39, 0.29) is 17.7 Å². The molecule has 2 aromatic rings. The van der Waals surface area contributed by atoms with Gasteiger partial charge in [-0.25, -0.2) is 0 Å². The molecule has 7 heteroatoms. The summed E-state index contributed by atoms with van der Waals surface area (Å²) >= 11 is 6.26. The average molecular weight is 400 g/mol. The lowest BCUT2D eigenvalue weighted by Crippen LogP contribution is -2.28. The third-order valence-corrected chi connectivity index (χ3v) is 5.09. The van der Waals surface area contributed by atoms with Crippen molar-refractivity contribution in [1.29, 1.82) is 0 Å². The smallest absolute Gasteiger partial charge is 0.253 e. The van der Waals surface area contributed by atoms with Crippen LogP contribution >= 0.6 is 11.6 Å². The van der Waals surface area contributed by atoms with E-state index in [0.29, 0.717) is 41.3 Å². The highest BCUT2D eigenvalue weighted by molar-refractivity contribution is 6.34. The van der Waals surface area contributed by atoms with E-state index >= 15 is 0 Å². The molecule has 1 N–H and O–H groups in total. The minimum Gasteiger partial charge on any atom is -0.355 e. The van der Waals surface area contributed by atoms with E-state index < -0.39 is 0 Å². The maximum Gasteiger partial charge on any atom is 0.253 e. The summed E-state index contributed by atoms with van der Waals surface area (Å²) in [5, 5.41) is 3.03. The lowest BCUT2D eigenvalue weighted by Gasteiger charge is -2.21. The summed E-state index contributed by atoms with van der Waals surface area (Å²) in [6, 6.07) is 12.1. The van der Waals surface area contributed by atoms with Crippen LogP contribution in [0.15, 0.2) is 42.5 Å².